The molecule has 0 radical (unpaired) electrons. The van der Waals surface area contributed by atoms with Crippen molar-refractivity contribution in [3.63, 3.8) is 0 Å². The number of amides is 1. The average Bonchev–Trinajstić information content (AvgIpc) is 2.80. The van der Waals surface area contributed by atoms with Crippen molar-refractivity contribution in [3.05, 3.63) is 46.4 Å². The number of carbonyl (C=O) groups excluding carboxylic acids is 1. The Labute approximate surface area is 145 Å². The highest BCUT2D eigenvalue weighted by Crippen LogP contribution is 2.15. The van der Waals surface area contributed by atoms with E-state index < -0.39 is 0 Å². The van der Waals surface area contributed by atoms with Crippen LogP contribution in [0.5, 0.6) is 0 Å². The quantitative estimate of drug-likeness (QED) is 0.881. The molecule has 1 unspecified atom stereocenters. The minimum Gasteiger partial charge on any atom is -0.320 e. The second kappa shape index (κ2) is 7.27. The van der Waals surface area contributed by atoms with E-state index in [1.54, 1.807) is 9.36 Å². The van der Waals surface area contributed by atoms with Crippen LogP contribution in [0.2, 0.25) is 0 Å². The number of aromatic nitrogens is 2. The van der Waals surface area contributed by atoms with Gasteiger partial charge < -0.3 is 10.6 Å². The summed E-state index contributed by atoms with van der Waals surface area (Å²) in [6.07, 6.45) is 0.381. The van der Waals surface area contributed by atoms with Crippen LogP contribution in [0.15, 0.2) is 35.1 Å². The molecule has 0 spiro atoms. The Balaban J connectivity index is 1.81. The number of carbonyl (C=O) groups is 1. The molecule has 128 valence electrons. The molecule has 3 rings (SSSR count). The first-order valence-electron chi connectivity index (χ1n) is 8.03. The normalized spacial score (nSPS) is 17.7. The van der Waals surface area contributed by atoms with Gasteiger partial charge in [-0.15, -0.1) is 0 Å². The molecule has 0 saturated carbocycles. The molecule has 6 nitrogen and oxygen atoms in total. The molecule has 0 aliphatic carbocycles. The summed E-state index contributed by atoms with van der Waals surface area (Å²) in [4.78, 5) is 25.1. The number of para-hydroxylation sites is 1. The van der Waals surface area contributed by atoms with Gasteiger partial charge in [0.05, 0.1) is 11.4 Å². The smallest absolute Gasteiger partial charge is 0.295 e. The van der Waals surface area contributed by atoms with Crippen LogP contribution in [-0.2, 0) is 11.8 Å². The standard InChI is InChI=1S/C17H22N4O2S/c1-12-16(19-15(22)10-13-11-24-9-8-18-13)17(23)21(20(12)2)14-6-4-3-5-7-14/h3-7,13,18H,8-11H2,1-2H3,(H,19,22). The Morgan fingerprint density at radius 3 is 2.79 bits per heavy atom. The van der Waals surface area contributed by atoms with Crippen LogP contribution in [0.25, 0.3) is 5.69 Å². The summed E-state index contributed by atoms with van der Waals surface area (Å²) in [5.41, 5.74) is 1.66. The van der Waals surface area contributed by atoms with Gasteiger partial charge in [-0.25, -0.2) is 4.68 Å². The molecule has 2 N–H and O–H groups in total. The molecule has 1 aromatic heterocycles. The van der Waals surface area contributed by atoms with Gasteiger partial charge in [0.25, 0.3) is 5.56 Å². The first-order chi connectivity index (χ1) is 11.6. The number of anilines is 1. The van der Waals surface area contributed by atoms with E-state index in [-0.39, 0.29) is 17.5 Å². The van der Waals surface area contributed by atoms with Gasteiger partial charge in [-0.3, -0.25) is 14.3 Å². The lowest BCUT2D eigenvalue weighted by molar-refractivity contribution is -0.116. The van der Waals surface area contributed by atoms with E-state index in [9.17, 15) is 9.59 Å². The third kappa shape index (κ3) is 3.42. The van der Waals surface area contributed by atoms with Gasteiger partial charge in [0.2, 0.25) is 5.91 Å². The van der Waals surface area contributed by atoms with Crippen LogP contribution < -0.4 is 16.2 Å². The van der Waals surface area contributed by atoms with E-state index in [0.717, 1.165) is 29.4 Å². The number of nitrogens with one attached hydrogen (secondary N) is 2. The van der Waals surface area contributed by atoms with Crippen molar-refractivity contribution in [2.24, 2.45) is 7.05 Å². The Hall–Kier alpha value is -1.99. The number of hydrogen-bond acceptors (Lipinski definition) is 4. The Morgan fingerprint density at radius 1 is 1.38 bits per heavy atom. The lowest BCUT2D eigenvalue weighted by Crippen LogP contribution is -2.40. The predicted molar refractivity (Wildman–Crippen MR) is 98.1 cm³/mol. The van der Waals surface area contributed by atoms with Crippen molar-refractivity contribution in [3.8, 4) is 5.69 Å². The number of hydrogen-bond donors (Lipinski definition) is 2. The fourth-order valence-corrected chi connectivity index (χ4v) is 3.83. The molecular weight excluding hydrogens is 324 g/mol. The van der Waals surface area contributed by atoms with Crippen LogP contribution in [-0.4, -0.2) is 39.4 Å². The monoisotopic (exact) mass is 346 g/mol. The summed E-state index contributed by atoms with van der Waals surface area (Å²) in [6.45, 7) is 2.76. The zero-order valence-corrected chi connectivity index (χ0v) is 14.7. The summed E-state index contributed by atoms with van der Waals surface area (Å²) < 4.78 is 3.33. The SMILES string of the molecule is Cc1c(NC(=O)CC2CSCCN2)c(=O)n(-c2ccccc2)n1C. The summed E-state index contributed by atoms with van der Waals surface area (Å²) in [5.74, 6) is 1.88. The minimum absolute atomic E-state index is 0.124. The van der Waals surface area contributed by atoms with E-state index in [2.05, 4.69) is 10.6 Å². The maximum Gasteiger partial charge on any atom is 0.295 e. The van der Waals surface area contributed by atoms with Crippen LogP contribution in [0.1, 0.15) is 12.1 Å². The average molecular weight is 346 g/mol. The summed E-state index contributed by atoms with van der Waals surface area (Å²) in [6, 6.07) is 9.58. The number of rotatable bonds is 4. The van der Waals surface area contributed by atoms with E-state index >= 15 is 0 Å². The van der Waals surface area contributed by atoms with Crippen molar-refractivity contribution >= 4 is 23.4 Å². The maximum absolute atomic E-state index is 12.7. The van der Waals surface area contributed by atoms with E-state index in [0.29, 0.717) is 12.1 Å². The molecule has 1 aliphatic rings. The second-order valence-electron chi connectivity index (χ2n) is 5.91. The largest absolute Gasteiger partial charge is 0.320 e. The maximum atomic E-state index is 12.7. The van der Waals surface area contributed by atoms with Crippen LogP contribution in [0.4, 0.5) is 5.69 Å². The highest BCUT2D eigenvalue weighted by molar-refractivity contribution is 7.99. The summed E-state index contributed by atoms with van der Waals surface area (Å²) in [7, 11) is 1.82. The van der Waals surface area contributed by atoms with E-state index in [1.165, 1.54) is 0 Å². The highest BCUT2D eigenvalue weighted by Gasteiger charge is 2.21. The number of nitrogens with zero attached hydrogens (tertiary/aromatic N) is 2. The third-order valence-corrected chi connectivity index (χ3v) is 5.38. The van der Waals surface area contributed by atoms with Gasteiger partial charge in [-0.2, -0.15) is 11.8 Å². The molecule has 1 fully saturated rings. The first-order valence-corrected chi connectivity index (χ1v) is 9.18. The lowest BCUT2D eigenvalue weighted by Gasteiger charge is -2.22. The fourth-order valence-electron chi connectivity index (χ4n) is 2.88. The molecule has 2 heterocycles. The number of benzene rings is 1. The Kier molecular flexibility index (Phi) is 5.11. The van der Waals surface area contributed by atoms with Gasteiger partial charge in [0.1, 0.15) is 5.69 Å². The third-order valence-electron chi connectivity index (χ3n) is 4.25. The second-order valence-corrected chi connectivity index (χ2v) is 7.06. The summed E-state index contributed by atoms with van der Waals surface area (Å²) >= 11 is 1.85. The van der Waals surface area contributed by atoms with Gasteiger partial charge in [0.15, 0.2) is 0 Å². The van der Waals surface area contributed by atoms with Gasteiger partial charge >= 0.3 is 0 Å². The lowest BCUT2D eigenvalue weighted by atomic mass is 10.2. The van der Waals surface area contributed by atoms with Gasteiger partial charge in [-0.1, -0.05) is 18.2 Å². The molecule has 1 atom stereocenters. The molecule has 1 saturated heterocycles. The van der Waals surface area contributed by atoms with Gasteiger partial charge in [-0.05, 0) is 19.1 Å². The zero-order chi connectivity index (χ0) is 17.1. The molecule has 1 aromatic carbocycles. The number of thioether (sulfide) groups is 1. The van der Waals surface area contributed by atoms with Gasteiger partial charge in [0, 0.05) is 37.6 Å². The van der Waals surface area contributed by atoms with E-state index in [1.807, 2.05) is 56.1 Å². The topological polar surface area (TPSA) is 68.1 Å². The van der Waals surface area contributed by atoms with Crippen LogP contribution >= 0.6 is 11.8 Å². The van der Waals surface area contributed by atoms with Crippen LogP contribution in [0.3, 0.4) is 0 Å². The first kappa shape index (κ1) is 16.9. The molecule has 1 aliphatic heterocycles. The van der Waals surface area contributed by atoms with Crippen molar-refractivity contribution in [1.29, 1.82) is 0 Å². The summed E-state index contributed by atoms with van der Waals surface area (Å²) in [5, 5.41) is 6.15. The fraction of sp³-hybridized carbons (Fsp3) is 0.412. The van der Waals surface area contributed by atoms with Crippen LogP contribution in [0, 0.1) is 6.92 Å². The Bertz CT molecular complexity index is 776. The molecule has 0 bridgehead atoms. The molecule has 2 aromatic rings. The molecular formula is C17H22N4O2S. The van der Waals surface area contributed by atoms with Crippen molar-refractivity contribution in [2.75, 3.05) is 23.4 Å². The Morgan fingerprint density at radius 2 is 2.12 bits per heavy atom. The highest BCUT2D eigenvalue weighted by atomic mass is 32.2. The molecule has 1 amide bonds. The van der Waals surface area contributed by atoms with Crippen molar-refractivity contribution < 1.29 is 4.79 Å². The van der Waals surface area contributed by atoms with Crippen molar-refractivity contribution in [2.45, 2.75) is 19.4 Å². The van der Waals surface area contributed by atoms with Crippen molar-refractivity contribution in [1.82, 2.24) is 14.7 Å². The molecule has 24 heavy (non-hydrogen) atoms. The van der Waals surface area contributed by atoms with E-state index in [4.69, 9.17) is 0 Å². The predicted octanol–water partition coefficient (Wildman–Crippen LogP) is 1.52. The molecule has 7 heteroatoms. The minimum atomic E-state index is -0.208. The zero-order valence-electron chi connectivity index (χ0n) is 13.9.